The van der Waals surface area contributed by atoms with Crippen LogP contribution >= 0.6 is 0 Å². The van der Waals surface area contributed by atoms with Gasteiger partial charge in [-0.2, -0.15) is 4.72 Å². The first-order valence-electron chi connectivity index (χ1n) is 8.81. The summed E-state index contributed by atoms with van der Waals surface area (Å²) in [6, 6.07) is 21.3. The SMILES string of the molecule is COc1ccc(S(=O)(=O)N[C@@H](c2ccccc2)c2ccccc2C)cc1OC. The smallest absolute Gasteiger partial charge is 0.241 e. The van der Waals surface area contributed by atoms with E-state index < -0.39 is 16.1 Å². The zero-order valence-electron chi connectivity index (χ0n) is 16.0. The van der Waals surface area contributed by atoms with Gasteiger partial charge >= 0.3 is 0 Å². The Bertz CT molecular complexity index is 1050. The standard InChI is InChI=1S/C22H23NO4S/c1-16-9-7-8-12-19(16)22(17-10-5-4-6-11-17)23-28(24,25)18-13-14-20(26-2)21(15-18)27-3/h4-15,22-23H,1-3H3/t22-/m0/s1. The van der Waals surface area contributed by atoms with Gasteiger partial charge in [-0.25, -0.2) is 8.42 Å². The molecule has 0 spiro atoms. The number of methoxy groups -OCH3 is 2. The van der Waals surface area contributed by atoms with Gasteiger partial charge in [0.2, 0.25) is 10.0 Å². The average molecular weight is 397 g/mol. The summed E-state index contributed by atoms with van der Waals surface area (Å²) in [5, 5.41) is 0. The Balaban J connectivity index is 2.04. The lowest BCUT2D eigenvalue weighted by molar-refractivity contribution is 0.354. The third-order valence-electron chi connectivity index (χ3n) is 4.57. The zero-order chi connectivity index (χ0) is 20.1. The highest BCUT2D eigenvalue weighted by atomic mass is 32.2. The zero-order valence-corrected chi connectivity index (χ0v) is 16.9. The Hall–Kier alpha value is -2.83. The molecule has 1 atom stereocenters. The molecule has 3 rings (SSSR count). The molecule has 0 saturated heterocycles. The number of aryl methyl sites for hydroxylation is 1. The van der Waals surface area contributed by atoms with Crippen LogP contribution in [-0.2, 0) is 10.0 Å². The minimum absolute atomic E-state index is 0.111. The van der Waals surface area contributed by atoms with Gasteiger partial charge < -0.3 is 9.47 Å². The second kappa shape index (κ2) is 8.46. The molecule has 0 aliphatic rings. The molecule has 0 bridgehead atoms. The number of hydrogen-bond donors (Lipinski definition) is 1. The fourth-order valence-electron chi connectivity index (χ4n) is 3.07. The van der Waals surface area contributed by atoms with E-state index in [0.717, 1.165) is 16.7 Å². The molecule has 0 aliphatic carbocycles. The molecule has 3 aromatic rings. The Morgan fingerprint density at radius 3 is 2.11 bits per heavy atom. The van der Waals surface area contributed by atoms with Crippen molar-refractivity contribution >= 4 is 10.0 Å². The van der Waals surface area contributed by atoms with E-state index in [-0.39, 0.29) is 4.90 Å². The number of ether oxygens (including phenoxy) is 2. The highest BCUT2D eigenvalue weighted by Gasteiger charge is 2.25. The van der Waals surface area contributed by atoms with E-state index in [9.17, 15) is 8.42 Å². The van der Waals surface area contributed by atoms with Gasteiger partial charge in [-0.05, 0) is 35.7 Å². The van der Waals surface area contributed by atoms with Crippen molar-refractivity contribution in [3.8, 4) is 11.5 Å². The maximum Gasteiger partial charge on any atom is 0.241 e. The third-order valence-corrected chi connectivity index (χ3v) is 5.99. The van der Waals surface area contributed by atoms with E-state index in [1.54, 1.807) is 6.07 Å². The summed E-state index contributed by atoms with van der Waals surface area (Å²) in [6.07, 6.45) is 0. The molecular weight excluding hydrogens is 374 g/mol. The van der Waals surface area contributed by atoms with Crippen LogP contribution in [0.15, 0.2) is 77.7 Å². The highest BCUT2D eigenvalue weighted by Crippen LogP contribution is 2.31. The van der Waals surface area contributed by atoms with E-state index in [0.29, 0.717) is 11.5 Å². The van der Waals surface area contributed by atoms with Crippen LogP contribution < -0.4 is 14.2 Å². The summed E-state index contributed by atoms with van der Waals surface area (Å²) < 4.78 is 39.6. The van der Waals surface area contributed by atoms with E-state index in [4.69, 9.17) is 9.47 Å². The predicted molar refractivity (Wildman–Crippen MR) is 109 cm³/mol. The van der Waals surface area contributed by atoms with Crippen molar-refractivity contribution in [2.24, 2.45) is 0 Å². The molecule has 0 aromatic heterocycles. The summed E-state index contributed by atoms with van der Waals surface area (Å²) in [6.45, 7) is 1.97. The fraction of sp³-hybridized carbons (Fsp3) is 0.182. The van der Waals surface area contributed by atoms with Crippen LogP contribution in [0, 0.1) is 6.92 Å². The number of hydrogen-bond acceptors (Lipinski definition) is 4. The van der Waals surface area contributed by atoms with Crippen molar-refractivity contribution in [3.63, 3.8) is 0 Å². The molecule has 5 nitrogen and oxygen atoms in total. The first-order valence-corrected chi connectivity index (χ1v) is 10.3. The van der Waals surface area contributed by atoms with Gasteiger partial charge in [0.05, 0.1) is 25.2 Å². The van der Waals surface area contributed by atoms with Crippen LogP contribution in [0.4, 0.5) is 0 Å². The van der Waals surface area contributed by atoms with Crippen LogP contribution in [0.5, 0.6) is 11.5 Å². The molecule has 0 radical (unpaired) electrons. The predicted octanol–water partition coefficient (Wildman–Crippen LogP) is 4.08. The third kappa shape index (κ3) is 4.18. The highest BCUT2D eigenvalue weighted by molar-refractivity contribution is 7.89. The molecule has 3 aromatic carbocycles. The van der Waals surface area contributed by atoms with Crippen molar-refractivity contribution in [1.82, 2.24) is 4.72 Å². The van der Waals surface area contributed by atoms with Crippen LogP contribution in [0.25, 0.3) is 0 Å². The normalized spacial score (nSPS) is 12.4. The minimum Gasteiger partial charge on any atom is -0.493 e. The van der Waals surface area contributed by atoms with Crippen molar-refractivity contribution < 1.29 is 17.9 Å². The second-order valence-corrected chi connectivity index (χ2v) is 8.05. The van der Waals surface area contributed by atoms with Crippen molar-refractivity contribution in [3.05, 3.63) is 89.5 Å². The summed E-state index contributed by atoms with van der Waals surface area (Å²) in [5.74, 6) is 0.831. The summed E-state index contributed by atoms with van der Waals surface area (Å²) in [5.41, 5.74) is 2.77. The second-order valence-electron chi connectivity index (χ2n) is 6.34. The summed E-state index contributed by atoms with van der Waals surface area (Å²) >= 11 is 0. The van der Waals surface area contributed by atoms with Gasteiger partial charge in [0.25, 0.3) is 0 Å². The van der Waals surface area contributed by atoms with E-state index in [1.807, 2.05) is 61.5 Å². The van der Waals surface area contributed by atoms with Gasteiger partial charge in [0.15, 0.2) is 11.5 Å². The number of nitrogens with one attached hydrogen (secondary N) is 1. The van der Waals surface area contributed by atoms with Gasteiger partial charge in [-0.3, -0.25) is 0 Å². The maximum atomic E-state index is 13.2. The van der Waals surface area contributed by atoms with E-state index >= 15 is 0 Å². The van der Waals surface area contributed by atoms with Crippen molar-refractivity contribution in [2.75, 3.05) is 14.2 Å². The minimum atomic E-state index is -3.82. The van der Waals surface area contributed by atoms with Crippen LogP contribution in [0.1, 0.15) is 22.7 Å². The molecule has 0 fully saturated rings. The van der Waals surface area contributed by atoms with E-state index in [2.05, 4.69) is 4.72 Å². The molecule has 1 N–H and O–H groups in total. The summed E-state index contributed by atoms with van der Waals surface area (Å²) in [7, 11) is -0.834. The maximum absolute atomic E-state index is 13.2. The molecule has 0 saturated carbocycles. The van der Waals surface area contributed by atoms with Gasteiger partial charge in [-0.15, -0.1) is 0 Å². The Morgan fingerprint density at radius 2 is 1.46 bits per heavy atom. The molecular formula is C22H23NO4S. The van der Waals surface area contributed by atoms with Gasteiger partial charge in [0, 0.05) is 6.07 Å². The topological polar surface area (TPSA) is 64.6 Å². The fourth-order valence-corrected chi connectivity index (χ4v) is 4.29. The lowest BCUT2D eigenvalue weighted by Crippen LogP contribution is -2.30. The molecule has 0 amide bonds. The molecule has 6 heteroatoms. The van der Waals surface area contributed by atoms with Crippen LogP contribution in [0.2, 0.25) is 0 Å². The van der Waals surface area contributed by atoms with Gasteiger partial charge in [-0.1, -0.05) is 54.6 Å². The Labute approximate surface area is 166 Å². The Kier molecular flexibility index (Phi) is 6.02. The monoisotopic (exact) mass is 397 g/mol. The molecule has 0 unspecified atom stereocenters. The largest absolute Gasteiger partial charge is 0.493 e. The van der Waals surface area contributed by atoms with Crippen LogP contribution in [-0.4, -0.2) is 22.6 Å². The van der Waals surface area contributed by atoms with E-state index in [1.165, 1.54) is 26.4 Å². The van der Waals surface area contributed by atoms with Crippen molar-refractivity contribution in [1.29, 1.82) is 0 Å². The van der Waals surface area contributed by atoms with Crippen molar-refractivity contribution in [2.45, 2.75) is 17.9 Å². The molecule has 0 aliphatic heterocycles. The summed E-state index contributed by atoms with van der Waals surface area (Å²) in [4.78, 5) is 0.111. The lowest BCUT2D eigenvalue weighted by Gasteiger charge is -2.22. The average Bonchev–Trinajstić information content (AvgIpc) is 2.72. The molecule has 146 valence electrons. The first kappa shape index (κ1) is 19.9. The molecule has 28 heavy (non-hydrogen) atoms. The lowest BCUT2D eigenvalue weighted by atomic mass is 9.96. The number of sulfonamides is 1. The van der Waals surface area contributed by atoms with Gasteiger partial charge in [0.1, 0.15) is 0 Å². The Morgan fingerprint density at radius 1 is 0.821 bits per heavy atom. The number of benzene rings is 3. The molecule has 0 heterocycles. The first-order chi connectivity index (χ1) is 13.5. The number of rotatable bonds is 7. The van der Waals surface area contributed by atoms with Crippen LogP contribution in [0.3, 0.4) is 0 Å². The quantitative estimate of drug-likeness (QED) is 0.652.